The Morgan fingerprint density at radius 2 is 2.39 bits per heavy atom. The molecular formula is C10H8FN5OS. The van der Waals surface area contributed by atoms with Gasteiger partial charge in [0, 0.05) is 11.5 Å². The molecule has 6 nitrogen and oxygen atoms in total. The number of halogens is 1. The number of nitrogens with one attached hydrogen (secondary N) is 1. The van der Waals surface area contributed by atoms with Gasteiger partial charge >= 0.3 is 0 Å². The molecule has 18 heavy (non-hydrogen) atoms. The van der Waals surface area contributed by atoms with E-state index in [4.69, 9.17) is 15.8 Å². The van der Waals surface area contributed by atoms with Gasteiger partial charge in [-0.05, 0) is 18.2 Å². The van der Waals surface area contributed by atoms with Crippen molar-refractivity contribution in [2.75, 3.05) is 5.43 Å². The SMILES string of the molecule is N#Cc1ccc(OCc2nnsc2NN)c(F)c1. The van der Waals surface area contributed by atoms with E-state index in [1.165, 1.54) is 12.1 Å². The van der Waals surface area contributed by atoms with Gasteiger partial charge in [0.25, 0.3) is 0 Å². The summed E-state index contributed by atoms with van der Waals surface area (Å²) in [6, 6.07) is 5.81. The number of hydrazine groups is 1. The summed E-state index contributed by atoms with van der Waals surface area (Å²) >= 11 is 1.08. The second-order valence-corrected chi connectivity index (χ2v) is 3.99. The number of nitriles is 1. The monoisotopic (exact) mass is 265 g/mol. The number of nitrogen functional groups attached to an aromatic ring is 1. The lowest BCUT2D eigenvalue weighted by Gasteiger charge is -2.06. The van der Waals surface area contributed by atoms with E-state index >= 15 is 0 Å². The fourth-order valence-corrected chi connectivity index (χ4v) is 1.73. The highest BCUT2D eigenvalue weighted by molar-refractivity contribution is 7.10. The first kappa shape index (κ1) is 12.2. The van der Waals surface area contributed by atoms with Crippen molar-refractivity contribution < 1.29 is 9.13 Å². The zero-order chi connectivity index (χ0) is 13.0. The van der Waals surface area contributed by atoms with Crippen LogP contribution in [0.25, 0.3) is 0 Å². The Kier molecular flexibility index (Phi) is 3.66. The maximum atomic E-state index is 13.5. The number of rotatable bonds is 4. The van der Waals surface area contributed by atoms with E-state index in [1.807, 2.05) is 6.07 Å². The Morgan fingerprint density at radius 1 is 1.56 bits per heavy atom. The van der Waals surface area contributed by atoms with E-state index in [1.54, 1.807) is 0 Å². The van der Waals surface area contributed by atoms with Crippen molar-refractivity contribution in [3.05, 3.63) is 35.3 Å². The summed E-state index contributed by atoms with van der Waals surface area (Å²) in [7, 11) is 0. The zero-order valence-corrected chi connectivity index (χ0v) is 9.87. The van der Waals surface area contributed by atoms with Gasteiger partial charge in [0.2, 0.25) is 0 Å². The maximum Gasteiger partial charge on any atom is 0.166 e. The Bertz CT molecular complexity index is 594. The molecule has 1 aromatic carbocycles. The van der Waals surface area contributed by atoms with Crippen LogP contribution in [0.5, 0.6) is 5.75 Å². The van der Waals surface area contributed by atoms with Gasteiger partial charge in [0.05, 0.1) is 11.6 Å². The van der Waals surface area contributed by atoms with Crippen LogP contribution in [-0.4, -0.2) is 9.59 Å². The summed E-state index contributed by atoms with van der Waals surface area (Å²) in [5.41, 5.74) is 3.15. The van der Waals surface area contributed by atoms with E-state index in [2.05, 4.69) is 15.0 Å². The number of anilines is 1. The molecule has 0 aliphatic rings. The number of hydrogen-bond acceptors (Lipinski definition) is 7. The normalized spacial score (nSPS) is 9.83. The summed E-state index contributed by atoms with van der Waals surface area (Å²) in [6.45, 7) is 0.0405. The second-order valence-electron chi connectivity index (χ2n) is 3.24. The average molecular weight is 265 g/mol. The van der Waals surface area contributed by atoms with Crippen LogP contribution in [0.1, 0.15) is 11.3 Å². The van der Waals surface area contributed by atoms with E-state index in [0.29, 0.717) is 10.7 Å². The van der Waals surface area contributed by atoms with Crippen LogP contribution in [0.4, 0.5) is 9.39 Å². The van der Waals surface area contributed by atoms with E-state index in [0.717, 1.165) is 17.6 Å². The first-order chi connectivity index (χ1) is 8.74. The van der Waals surface area contributed by atoms with Crippen LogP contribution in [0.15, 0.2) is 18.2 Å². The van der Waals surface area contributed by atoms with Crippen molar-refractivity contribution in [2.45, 2.75) is 6.61 Å². The quantitative estimate of drug-likeness (QED) is 0.641. The average Bonchev–Trinajstić information content (AvgIpc) is 2.84. The molecule has 0 atom stereocenters. The standard InChI is InChI=1S/C10H8FN5OS/c11-7-3-6(4-12)1-2-9(7)17-5-8-10(14-13)18-16-15-8/h1-3,14H,5,13H2. The maximum absolute atomic E-state index is 13.5. The largest absolute Gasteiger partial charge is 0.484 e. The molecule has 92 valence electrons. The molecule has 8 heteroatoms. The summed E-state index contributed by atoms with van der Waals surface area (Å²) in [5, 5.41) is 13.0. The fourth-order valence-electron chi connectivity index (χ4n) is 1.25. The lowest BCUT2D eigenvalue weighted by atomic mass is 10.2. The Morgan fingerprint density at radius 3 is 3.06 bits per heavy atom. The first-order valence-electron chi connectivity index (χ1n) is 4.85. The van der Waals surface area contributed by atoms with Gasteiger partial charge in [-0.1, -0.05) is 4.49 Å². The van der Waals surface area contributed by atoms with Crippen molar-refractivity contribution >= 4 is 16.5 Å². The van der Waals surface area contributed by atoms with E-state index in [9.17, 15) is 4.39 Å². The van der Waals surface area contributed by atoms with Crippen molar-refractivity contribution in [1.82, 2.24) is 9.59 Å². The van der Waals surface area contributed by atoms with Crippen LogP contribution >= 0.6 is 11.5 Å². The summed E-state index contributed by atoms with van der Waals surface area (Å²) in [4.78, 5) is 0. The number of nitrogens with two attached hydrogens (primary N) is 1. The predicted octanol–water partition coefficient (Wildman–Crippen LogP) is 1.41. The molecule has 0 amide bonds. The van der Waals surface area contributed by atoms with Crippen molar-refractivity contribution in [3.8, 4) is 11.8 Å². The number of hydrogen-bond donors (Lipinski definition) is 2. The van der Waals surface area contributed by atoms with Gasteiger partial charge in [-0.25, -0.2) is 10.2 Å². The zero-order valence-electron chi connectivity index (χ0n) is 9.05. The minimum absolute atomic E-state index is 0.0405. The van der Waals surface area contributed by atoms with Crippen molar-refractivity contribution in [1.29, 1.82) is 5.26 Å². The lowest BCUT2D eigenvalue weighted by Crippen LogP contribution is -2.08. The predicted molar refractivity (Wildman–Crippen MR) is 63.2 cm³/mol. The van der Waals surface area contributed by atoms with Crippen LogP contribution in [-0.2, 0) is 6.61 Å². The highest BCUT2D eigenvalue weighted by atomic mass is 32.1. The molecule has 0 spiro atoms. The molecule has 0 aliphatic carbocycles. The molecule has 0 unspecified atom stereocenters. The van der Waals surface area contributed by atoms with Crippen LogP contribution in [0, 0.1) is 17.1 Å². The number of aromatic nitrogens is 2. The molecule has 2 aromatic rings. The smallest absolute Gasteiger partial charge is 0.166 e. The molecule has 0 aliphatic heterocycles. The van der Waals surface area contributed by atoms with Gasteiger partial charge in [-0.3, -0.25) is 0 Å². The second kappa shape index (κ2) is 5.39. The first-order valence-corrected chi connectivity index (χ1v) is 5.62. The minimum atomic E-state index is -0.598. The summed E-state index contributed by atoms with van der Waals surface area (Å²) in [6.07, 6.45) is 0. The molecule has 3 N–H and O–H groups in total. The third-order valence-electron chi connectivity index (χ3n) is 2.11. The topological polar surface area (TPSA) is 96.8 Å². The number of benzene rings is 1. The fraction of sp³-hybridized carbons (Fsp3) is 0.100. The van der Waals surface area contributed by atoms with Gasteiger partial charge < -0.3 is 10.2 Å². The highest BCUT2D eigenvalue weighted by Gasteiger charge is 2.10. The summed E-state index contributed by atoms with van der Waals surface area (Å²) < 4.78 is 22.4. The lowest BCUT2D eigenvalue weighted by molar-refractivity contribution is 0.286. The Hall–Kier alpha value is -2.24. The van der Waals surface area contributed by atoms with Crippen LogP contribution in [0.3, 0.4) is 0 Å². The molecule has 1 heterocycles. The molecule has 0 fully saturated rings. The number of nitrogens with zero attached hydrogens (tertiary/aromatic N) is 3. The third-order valence-corrected chi connectivity index (χ3v) is 2.81. The summed E-state index contributed by atoms with van der Waals surface area (Å²) in [5.74, 6) is 4.70. The van der Waals surface area contributed by atoms with E-state index in [-0.39, 0.29) is 17.9 Å². The molecular weight excluding hydrogens is 257 g/mol. The highest BCUT2D eigenvalue weighted by Crippen LogP contribution is 2.22. The Labute approximate surface area is 106 Å². The molecule has 0 radical (unpaired) electrons. The van der Waals surface area contributed by atoms with Gasteiger partial charge in [0.1, 0.15) is 12.3 Å². The minimum Gasteiger partial charge on any atom is -0.484 e. The van der Waals surface area contributed by atoms with Crippen molar-refractivity contribution in [3.63, 3.8) is 0 Å². The van der Waals surface area contributed by atoms with Crippen LogP contribution < -0.4 is 16.0 Å². The van der Waals surface area contributed by atoms with Gasteiger partial charge in [0.15, 0.2) is 16.6 Å². The molecule has 1 aromatic heterocycles. The third kappa shape index (κ3) is 2.53. The molecule has 0 saturated carbocycles. The van der Waals surface area contributed by atoms with Crippen molar-refractivity contribution in [2.24, 2.45) is 5.84 Å². The Balaban J connectivity index is 2.09. The van der Waals surface area contributed by atoms with E-state index < -0.39 is 5.82 Å². The van der Waals surface area contributed by atoms with Crippen LogP contribution in [0.2, 0.25) is 0 Å². The molecule has 2 rings (SSSR count). The molecule has 0 saturated heterocycles. The van der Waals surface area contributed by atoms with Gasteiger partial charge in [-0.2, -0.15) is 5.26 Å². The van der Waals surface area contributed by atoms with Gasteiger partial charge in [-0.15, -0.1) is 5.10 Å². The molecule has 0 bridgehead atoms. The number of ether oxygens (including phenoxy) is 1.